The molecule has 0 aliphatic carbocycles. The van der Waals surface area contributed by atoms with Crippen molar-refractivity contribution in [3.05, 3.63) is 29.8 Å². The lowest BCUT2D eigenvalue weighted by Gasteiger charge is -2.09. The summed E-state index contributed by atoms with van der Waals surface area (Å²) in [6, 6.07) is 7.43. The van der Waals surface area contributed by atoms with Crippen LogP contribution in [0.4, 0.5) is 10.5 Å². The van der Waals surface area contributed by atoms with Crippen LogP contribution in [0.1, 0.15) is 32.3 Å². The van der Waals surface area contributed by atoms with Crippen LogP contribution < -0.4 is 16.0 Å². The monoisotopic (exact) mass is 263 g/mol. The highest BCUT2D eigenvalue weighted by Gasteiger charge is 2.06. The van der Waals surface area contributed by atoms with Crippen LogP contribution >= 0.6 is 0 Å². The van der Waals surface area contributed by atoms with E-state index >= 15 is 0 Å². The van der Waals surface area contributed by atoms with Gasteiger partial charge in [-0.15, -0.1) is 0 Å². The smallest absolute Gasteiger partial charge is 0.321 e. The second-order valence-corrected chi connectivity index (χ2v) is 4.54. The van der Waals surface area contributed by atoms with Gasteiger partial charge in [0, 0.05) is 12.2 Å². The fraction of sp³-hybridized carbons (Fsp3) is 0.429. The molecule has 5 nitrogen and oxygen atoms in total. The SMILES string of the molecule is CCNC(=O)NC(=O)CNc1ccc(C(C)C)cc1. The number of nitrogens with one attached hydrogen (secondary N) is 3. The minimum atomic E-state index is -0.468. The third-order valence-corrected chi connectivity index (χ3v) is 2.62. The van der Waals surface area contributed by atoms with Crippen molar-refractivity contribution in [2.45, 2.75) is 26.7 Å². The summed E-state index contributed by atoms with van der Waals surface area (Å²) in [7, 11) is 0. The molecule has 1 aromatic carbocycles. The maximum Gasteiger partial charge on any atom is 0.321 e. The average Bonchev–Trinajstić information content (AvgIpc) is 2.37. The molecule has 3 N–H and O–H groups in total. The van der Waals surface area contributed by atoms with Crippen molar-refractivity contribution >= 4 is 17.6 Å². The number of amides is 3. The molecule has 104 valence electrons. The van der Waals surface area contributed by atoms with E-state index in [9.17, 15) is 9.59 Å². The van der Waals surface area contributed by atoms with Gasteiger partial charge in [-0.2, -0.15) is 0 Å². The van der Waals surface area contributed by atoms with Crippen LogP contribution in [0.25, 0.3) is 0 Å². The predicted molar refractivity (Wildman–Crippen MR) is 76.2 cm³/mol. The Morgan fingerprint density at radius 3 is 2.32 bits per heavy atom. The third-order valence-electron chi connectivity index (χ3n) is 2.62. The Hall–Kier alpha value is -2.04. The van der Waals surface area contributed by atoms with E-state index in [1.165, 1.54) is 5.56 Å². The highest BCUT2D eigenvalue weighted by atomic mass is 16.2. The number of anilines is 1. The summed E-state index contributed by atoms with van der Waals surface area (Å²) in [5.41, 5.74) is 2.10. The summed E-state index contributed by atoms with van der Waals surface area (Å²) < 4.78 is 0. The normalized spacial score (nSPS) is 10.1. The molecular formula is C14H21N3O2. The third kappa shape index (κ3) is 5.42. The second kappa shape index (κ2) is 7.41. The van der Waals surface area contributed by atoms with Gasteiger partial charge < -0.3 is 10.6 Å². The molecule has 0 spiro atoms. The van der Waals surface area contributed by atoms with Gasteiger partial charge in [0.05, 0.1) is 6.54 Å². The van der Waals surface area contributed by atoms with E-state index in [-0.39, 0.29) is 12.5 Å². The number of carbonyl (C=O) groups excluding carboxylic acids is 2. The van der Waals surface area contributed by atoms with Crippen LogP contribution in [0.15, 0.2) is 24.3 Å². The zero-order valence-electron chi connectivity index (χ0n) is 11.6. The Morgan fingerprint density at radius 1 is 1.16 bits per heavy atom. The largest absolute Gasteiger partial charge is 0.376 e. The van der Waals surface area contributed by atoms with Crippen LogP contribution in [0, 0.1) is 0 Å². The Labute approximate surface area is 113 Å². The first-order valence-corrected chi connectivity index (χ1v) is 6.44. The molecular weight excluding hydrogens is 242 g/mol. The first kappa shape index (κ1) is 15.0. The average molecular weight is 263 g/mol. The number of hydrogen-bond acceptors (Lipinski definition) is 3. The molecule has 5 heteroatoms. The van der Waals surface area contributed by atoms with Crippen molar-refractivity contribution in [2.75, 3.05) is 18.4 Å². The lowest BCUT2D eigenvalue weighted by Crippen LogP contribution is -2.41. The molecule has 0 saturated heterocycles. The standard InChI is InChI=1S/C14H21N3O2/c1-4-15-14(19)17-13(18)9-16-12-7-5-11(6-8-12)10(2)3/h5-8,10,16H,4,9H2,1-3H3,(H2,15,17,18,19). The molecule has 1 rings (SSSR count). The lowest BCUT2D eigenvalue weighted by atomic mass is 10.0. The molecule has 0 aliphatic heterocycles. The fourth-order valence-corrected chi connectivity index (χ4v) is 1.54. The van der Waals surface area contributed by atoms with Gasteiger partial charge in [0.1, 0.15) is 0 Å². The topological polar surface area (TPSA) is 70.2 Å². The van der Waals surface area contributed by atoms with Crippen molar-refractivity contribution in [3.8, 4) is 0 Å². The van der Waals surface area contributed by atoms with Crippen LogP contribution in [0.5, 0.6) is 0 Å². The molecule has 0 aliphatic rings. The van der Waals surface area contributed by atoms with Gasteiger partial charge >= 0.3 is 6.03 Å². The number of carbonyl (C=O) groups is 2. The number of imide groups is 1. The van der Waals surface area contributed by atoms with Gasteiger partial charge in [0.2, 0.25) is 5.91 Å². The zero-order valence-corrected chi connectivity index (χ0v) is 11.6. The summed E-state index contributed by atoms with van der Waals surface area (Å²) in [5.74, 6) is 0.119. The maximum absolute atomic E-state index is 11.4. The summed E-state index contributed by atoms with van der Waals surface area (Å²) in [6.45, 7) is 6.60. The van der Waals surface area contributed by atoms with Gasteiger partial charge in [-0.3, -0.25) is 10.1 Å². The van der Waals surface area contributed by atoms with Crippen molar-refractivity contribution < 1.29 is 9.59 Å². The molecule has 3 amide bonds. The van der Waals surface area contributed by atoms with E-state index in [2.05, 4.69) is 29.8 Å². The summed E-state index contributed by atoms with van der Waals surface area (Å²) >= 11 is 0. The molecule has 1 aromatic rings. The molecule has 0 atom stereocenters. The van der Waals surface area contributed by atoms with Gasteiger partial charge in [-0.1, -0.05) is 26.0 Å². The summed E-state index contributed by atoms with van der Waals surface area (Å²) in [4.78, 5) is 22.6. The van der Waals surface area contributed by atoms with Crippen LogP contribution in [0.2, 0.25) is 0 Å². The predicted octanol–water partition coefficient (Wildman–Crippen LogP) is 2.07. The first-order chi connectivity index (χ1) is 9.02. The van der Waals surface area contributed by atoms with Crippen LogP contribution in [-0.2, 0) is 4.79 Å². The molecule has 19 heavy (non-hydrogen) atoms. The highest BCUT2D eigenvalue weighted by molar-refractivity contribution is 5.96. The minimum absolute atomic E-state index is 0.0676. The van der Waals surface area contributed by atoms with Gasteiger partial charge in [0.25, 0.3) is 0 Å². The molecule has 0 radical (unpaired) electrons. The van der Waals surface area contributed by atoms with Gasteiger partial charge in [-0.25, -0.2) is 4.79 Å². The lowest BCUT2D eigenvalue weighted by molar-refractivity contribution is -0.118. The number of hydrogen-bond donors (Lipinski definition) is 3. The quantitative estimate of drug-likeness (QED) is 0.761. The first-order valence-electron chi connectivity index (χ1n) is 6.44. The summed E-state index contributed by atoms with van der Waals surface area (Å²) in [6.07, 6.45) is 0. The van der Waals surface area contributed by atoms with Crippen molar-refractivity contribution in [2.24, 2.45) is 0 Å². The van der Waals surface area contributed by atoms with Crippen molar-refractivity contribution in [1.82, 2.24) is 10.6 Å². The van der Waals surface area contributed by atoms with Crippen LogP contribution in [-0.4, -0.2) is 25.0 Å². The Bertz CT molecular complexity index is 427. The molecule has 0 aromatic heterocycles. The number of rotatable bonds is 5. The Balaban J connectivity index is 2.39. The Kier molecular flexibility index (Phi) is 5.85. The van der Waals surface area contributed by atoms with Crippen molar-refractivity contribution in [3.63, 3.8) is 0 Å². The number of urea groups is 1. The van der Waals surface area contributed by atoms with E-state index in [4.69, 9.17) is 0 Å². The van der Waals surface area contributed by atoms with E-state index in [1.807, 2.05) is 24.3 Å². The molecule has 0 heterocycles. The second-order valence-electron chi connectivity index (χ2n) is 4.54. The number of benzene rings is 1. The Morgan fingerprint density at radius 2 is 1.79 bits per heavy atom. The molecule has 0 saturated carbocycles. The summed E-state index contributed by atoms with van der Waals surface area (Å²) in [5, 5.41) is 7.69. The van der Waals surface area contributed by atoms with Gasteiger partial charge in [-0.05, 0) is 30.5 Å². The zero-order chi connectivity index (χ0) is 14.3. The van der Waals surface area contributed by atoms with Crippen LogP contribution in [0.3, 0.4) is 0 Å². The van der Waals surface area contributed by atoms with Gasteiger partial charge in [0.15, 0.2) is 0 Å². The van der Waals surface area contributed by atoms with E-state index in [0.29, 0.717) is 12.5 Å². The van der Waals surface area contributed by atoms with E-state index in [1.54, 1.807) is 6.92 Å². The molecule has 0 bridgehead atoms. The molecule has 0 fully saturated rings. The minimum Gasteiger partial charge on any atom is -0.376 e. The van der Waals surface area contributed by atoms with E-state index < -0.39 is 6.03 Å². The fourth-order valence-electron chi connectivity index (χ4n) is 1.54. The highest BCUT2D eigenvalue weighted by Crippen LogP contribution is 2.16. The maximum atomic E-state index is 11.4. The van der Waals surface area contributed by atoms with Crippen molar-refractivity contribution in [1.29, 1.82) is 0 Å². The molecule has 0 unspecified atom stereocenters. The van der Waals surface area contributed by atoms with E-state index in [0.717, 1.165) is 5.69 Å².